The predicted molar refractivity (Wildman–Crippen MR) is 90.2 cm³/mol. The number of nitrogens with one attached hydrogen (secondary N) is 1. The van der Waals surface area contributed by atoms with E-state index in [1.54, 1.807) is 6.07 Å². The van der Waals surface area contributed by atoms with Crippen LogP contribution >= 0.6 is 15.9 Å². The van der Waals surface area contributed by atoms with Crippen LogP contribution in [0, 0.1) is 5.82 Å². The second-order valence-corrected chi connectivity index (χ2v) is 6.04. The Labute approximate surface area is 134 Å². The van der Waals surface area contributed by atoms with E-state index in [4.69, 9.17) is 0 Å². The van der Waals surface area contributed by atoms with Crippen molar-refractivity contribution in [3.63, 3.8) is 0 Å². The number of hydrogen-bond acceptors (Lipinski definition) is 1. The van der Waals surface area contributed by atoms with Crippen LogP contribution in [0.5, 0.6) is 0 Å². The standard InChI is InChI=1S/C18H21BrFN/c1-4-12-6-7-13(5-2)15(10-12)18(21-3)16-11-14(19)8-9-17(16)20/h6-11,18,21H,4-5H2,1-3H3. The first-order valence-electron chi connectivity index (χ1n) is 7.34. The summed E-state index contributed by atoms with van der Waals surface area (Å²) in [5.41, 5.74) is 4.37. The van der Waals surface area contributed by atoms with E-state index in [9.17, 15) is 4.39 Å². The van der Waals surface area contributed by atoms with E-state index in [0.29, 0.717) is 5.56 Å². The molecule has 0 saturated carbocycles. The highest BCUT2D eigenvalue weighted by atomic mass is 79.9. The second-order valence-electron chi connectivity index (χ2n) is 5.13. The average Bonchev–Trinajstić information content (AvgIpc) is 2.51. The minimum Gasteiger partial charge on any atom is -0.309 e. The molecule has 112 valence electrons. The minimum absolute atomic E-state index is 0.135. The largest absolute Gasteiger partial charge is 0.309 e. The smallest absolute Gasteiger partial charge is 0.128 e. The van der Waals surface area contributed by atoms with Crippen molar-refractivity contribution in [2.75, 3.05) is 7.05 Å². The maximum atomic E-state index is 14.2. The molecule has 0 heterocycles. The predicted octanol–water partition coefficient (Wildman–Crippen LogP) is 5.02. The summed E-state index contributed by atoms with van der Waals surface area (Å²) in [4.78, 5) is 0. The van der Waals surface area contributed by atoms with Crippen LogP contribution < -0.4 is 5.32 Å². The molecule has 2 aromatic carbocycles. The van der Waals surface area contributed by atoms with Gasteiger partial charge >= 0.3 is 0 Å². The van der Waals surface area contributed by atoms with Gasteiger partial charge in [-0.25, -0.2) is 4.39 Å². The third-order valence-electron chi connectivity index (χ3n) is 3.87. The number of aryl methyl sites for hydroxylation is 2. The summed E-state index contributed by atoms with van der Waals surface area (Å²) in [6.45, 7) is 4.27. The molecule has 1 nitrogen and oxygen atoms in total. The molecule has 0 fully saturated rings. The Balaban J connectivity index is 2.57. The van der Waals surface area contributed by atoms with E-state index in [1.165, 1.54) is 17.2 Å². The average molecular weight is 350 g/mol. The second kappa shape index (κ2) is 7.19. The Morgan fingerprint density at radius 3 is 2.43 bits per heavy atom. The van der Waals surface area contributed by atoms with E-state index < -0.39 is 0 Å². The topological polar surface area (TPSA) is 12.0 Å². The zero-order chi connectivity index (χ0) is 15.4. The number of benzene rings is 2. The van der Waals surface area contributed by atoms with Crippen molar-refractivity contribution < 1.29 is 4.39 Å². The van der Waals surface area contributed by atoms with Crippen molar-refractivity contribution in [1.29, 1.82) is 0 Å². The van der Waals surface area contributed by atoms with Gasteiger partial charge in [0, 0.05) is 10.0 Å². The zero-order valence-corrected chi connectivity index (χ0v) is 14.3. The van der Waals surface area contributed by atoms with Crippen molar-refractivity contribution in [3.05, 3.63) is 68.9 Å². The van der Waals surface area contributed by atoms with Crippen LogP contribution in [0.3, 0.4) is 0 Å². The van der Waals surface area contributed by atoms with E-state index in [1.807, 2.05) is 13.1 Å². The fourth-order valence-corrected chi connectivity index (χ4v) is 3.05. The molecule has 0 radical (unpaired) electrons. The Kier molecular flexibility index (Phi) is 5.54. The lowest BCUT2D eigenvalue weighted by atomic mass is 9.91. The van der Waals surface area contributed by atoms with E-state index in [-0.39, 0.29) is 11.9 Å². The Morgan fingerprint density at radius 1 is 1.05 bits per heavy atom. The Bertz CT molecular complexity index is 625. The highest BCUT2D eigenvalue weighted by Gasteiger charge is 2.19. The van der Waals surface area contributed by atoms with Crippen LogP contribution in [0.25, 0.3) is 0 Å². The summed E-state index contributed by atoms with van der Waals surface area (Å²) in [5, 5.41) is 3.27. The molecule has 0 aromatic heterocycles. The quantitative estimate of drug-likeness (QED) is 0.798. The van der Waals surface area contributed by atoms with Crippen LogP contribution in [0.1, 0.15) is 42.1 Å². The molecule has 0 aliphatic rings. The normalized spacial score (nSPS) is 12.4. The highest BCUT2D eigenvalue weighted by Crippen LogP contribution is 2.30. The molecule has 2 aromatic rings. The van der Waals surface area contributed by atoms with Gasteiger partial charge in [0.1, 0.15) is 5.82 Å². The monoisotopic (exact) mass is 349 g/mol. The summed E-state index contributed by atoms with van der Waals surface area (Å²) < 4.78 is 15.1. The minimum atomic E-state index is -0.179. The summed E-state index contributed by atoms with van der Waals surface area (Å²) in [6.07, 6.45) is 1.92. The van der Waals surface area contributed by atoms with E-state index >= 15 is 0 Å². The van der Waals surface area contributed by atoms with Crippen LogP contribution in [-0.4, -0.2) is 7.05 Å². The lowest BCUT2D eigenvalue weighted by Crippen LogP contribution is -2.20. The molecule has 2 rings (SSSR count). The number of hydrogen-bond donors (Lipinski definition) is 1. The van der Waals surface area contributed by atoms with Gasteiger partial charge in [-0.3, -0.25) is 0 Å². The lowest BCUT2D eigenvalue weighted by Gasteiger charge is -2.22. The van der Waals surface area contributed by atoms with Crippen LogP contribution in [0.15, 0.2) is 40.9 Å². The van der Waals surface area contributed by atoms with Gasteiger partial charge in [-0.2, -0.15) is 0 Å². The molecular formula is C18H21BrFN. The third-order valence-corrected chi connectivity index (χ3v) is 4.36. The van der Waals surface area contributed by atoms with Gasteiger partial charge < -0.3 is 5.32 Å². The fraction of sp³-hybridized carbons (Fsp3) is 0.333. The first kappa shape index (κ1) is 16.2. The molecule has 0 aliphatic carbocycles. The Morgan fingerprint density at radius 2 is 1.81 bits per heavy atom. The SMILES string of the molecule is CCc1ccc(CC)c(C(NC)c2cc(Br)ccc2F)c1. The molecule has 21 heavy (non-hydrogen) atoms. The molecule has 0 bridgehead atoms. The van der Waals surface area contributed by atoms with Gasteiger partial charge in [0.2, 0.25) is 0 Å². The molecule has 0 amide bonds. The van der Waals surface area contributed by atoms with Crippen molar-refractivity contribution >= 4 is 15.9 Å². The highest BCUT2D eigenvalue weighted by molar-refractivity contribution is 9.10. The maximum Gasteiger partial charge on any atom is 0.128 e. The summed E-state index contributed by atoms with van der Waals surface area (Å²) in [5.74, 6) is -0.179. The third kappa shape index (κ3) is 3.53. The van der Waals surface area contributed by atoms with Crippen LogP contribution in [0.4, 0.5) is 4.39 Å². The molecule has 0 saturated heterocycles. The van der Waals surface area contributed by atoms with Gasteiger partial charge in [-0.1, -0.05) is 48.0 Å². The van der Waals surface area contributed by atoms with Crippen molar-refractivity contribution in [2.24, 2.45) is 0 Å². The van der Waals surface area contributed by atoms with Gasteiger partial charge in [-0.15, -0.1) is 0 Å². The van der Waals surface area contributed by atoms with Gasteiger partial charge in [-0.05, 0) is 54.8 Å². The molecular weight excluding hydrogens is 329 g/mol. The zero-order valence-electron chi connectivity index (χ0n) is 12.7. The number of rotatable bonds is 5. The van der Waals surface area contributed by atoms with Crippen molar-refractivity contribution in [3.8, 4) is 0 Å². The molecule has 1 unspecified atom stereocenters. The Hall–Kier alpha value is -1.19. The lowest BCUT2D eigenvalue weighted by molar-refractivity contribution is 0.574. The summed E-state index contributed by atoms with van der Waals surface area (Å²) in [7, 11) is 1.88. The summed E-state index contributed by atoms with van der Waals surface area (Å²) >= 11 is 3.44. The molecule has 0 aliphatic heterocycles. The van der Waals surface area contributed by atoms with Crippen LogP contribution in [0.2, 0.25) is 0 Å². The molecule has 1 atom stereocenters. The molecule has 1 N–H and O–H groups in total. The van der Waals surface area contributed by atoms with Crippen LogP contribution in [-0.2, 0) is 12.8 Å². The molecule has 3 heteroatoms. The summed E-state index contributed by atoms with van der Waals surface area (Å²) in [6, 6.07) is 11.5. The number of halogens is 2. The van der Waals surface area contributed by atoms with Gasteiger partial charge in [0.25, 0.3) is 0 Å². The van der Waals surface area contributed by atoms with Crippen molar-refractivity contribution in [2.45, 2.75) is 32.7 Å². The van der Waals surface area contributed by atoms with Gasteiger partial charge in [0.05, 0.1) is 6.04 Å². The van der Waals surface area contributed by atoms with Gasteiger partial charge in [0.15, 0.2) is 0 Å². The van der Waals surface area contributed by atoms with E-state index in [0.717, 1.165) is 22.9 Å². The molecule has 0 spiro atoms. The first-order valence-corrected chi connectivity index (χ1v) is 8.13. The first-order chi connectivity index (χ1) is 10.1. The van der Waals surface area contributed by atoms with Crippen molar-refractivity contribution in [1.82, 2.24) is 5.32 Å². The van der Waals surface area contributed by atoms with E-state index in [2.05, 4.69) is 53.3 Å². The maximum absolute atomic E-state index is 14.2. The fourth-order valence-electron chi connectivity index (χ4n) is 2.67.